The third-order valence-corrected chi connectivity index (χ3v) is 4.86. The van der Waals surface area contributed by atoms with Crippen LogP contribution in [0.25, 0.3) is 10.9 Å². The zero-order valence-corrected chi connectivity index (χ0v) is 15.4. The fourth-order valence-corrected chi connectivity index (χ4v) is 3.44. The molecule has 2 aromatic carbocycles. The molecule has 3 aromatic rings. The Morgan fingerprint density at radius 2 is 1.78 bits per heavy atom. The molecule has 8 heteroatoms. The highest BCUT2D eigenvalue weighted by Gasteiger charge is 2.34. The fourth-order valence-electron chi connectivity index (χ4n) is 3.44. The second-order valence-electron chi connectivity index (χ2n) is 6.55. The quantitative estimate of drug-likeness (QED) is 0.730. The first-order valence-electron chi connectivity index (χ1n) is 8.54. The molecule has 1 aliphatic rings. The summed E-state index contributed by atoms with van der Waals surface area (Å²) >= 11 is 0. The Morgan fingerprint density at radius 1 is 1.07 bits per heavy atom. The Hall–Kier alpha value is -2.77. The van der Waals surface area contributed by atoms with Gasteiger partial charge in [-0.1, -0.05) is 47.7 Å². The summed E-state index contributed by atoms with van der Waals surface area (Å²) in [5, 5.41) is 8.36. The van der Waals surface area contributed by atoms with Crippen molar-refractivity contribution >= 4 is 29.2 Å². The van der Waals surface area contributed by atoms with Crippen molar-refractivity contribution in [3.63, 3.8) is 0 Å². The van der Waals surface area contributed by atoms with Crippen LogP contribution in [0.4, 0.5) is 0 Å². The summed E-state index contributed by atoms with van der Waals surface area (Å²) in [5.41, 5.74) is 7.58. The Kier molecular flexibility index (Phi) is 5.53. The number of nitrogens with zero attached hydrogens (tertiary/aromatic N) is 4. The van der Waals surface area contributed by atoms with Gasteiger partial charge in [-0.05, 0) is 17.7 Å². The number of carbonyl (C=O) groups excluding carboxylic acids is 1. The van der Waals surface area contributed by atoms with Crippen molar-refractivity contribution in [3.8, 4) is 0 Å². The maximum absolute atomic E-state index is 12.7. The van der Waals surface area contributed by atoms with Gasteiger partial charge in [-0.2, -0.15) is 0 Å². The summed E-state index contributed by atoms with van der Waals surface area (Å²) in [6.07, 6.45) is 0. The van der Waals surface area contributed by atoms with Crippen molar-refractivity contribution in [1.82, 2.24) is 19.9 Å². The lowest BCUT2D eigenvalue weighted by molar-refractivity contribution is -0.131. The zero-order valence-electron chi connectivity index (χ0n) is 14.6. The molecule has 1 aromatic heterocycles. The summed E-state index contributed by atoms with van der Waals surface area (Å²) in [7, 11) is 0. The van der Waals surface area contributed by atoms with Gasteiger partial charge in [0.1, 0.15) is 12.1 Å². The van der Waals surface area contributed by atoms with Gasteiger partial charge in [-0.3, -0.25) is 9.59 Å². The van der Waals surface area contributed by atoms with Crippen LogP contribution in [0.15, 0.2) is 59.4 Å². The van der Waals surface area contributed by atoms with Crippen molar-refractivity contribution in [3.05, 3.63) is 70.5 Å². The predicted octanol–water partition coefficient (Wildman–Crippen LogP) is 1.17. The lowest BCUT2D eigenvalue weighted by Crippen LogP contribution is -2.37. The van der Waals surface area contributed by atoms with Gasteiger partial charge in [0.05, 0.1) is 5.39 Å². The first kappa shape index (κ1) is 19.0. The number of aromatic nitrogens is 3. The Morgan fingerprint density at radius 3 is 2.56 bits per heavy atom. The third-order valence-electron chi connectivity index (χ3n) is 4.86. The molecule has 2 N–H and O–H groups in total. The topological polar surface area (TPSA) is 94.1 Å². The number of hydrogen-bond donors (Lipinski definition) is 1. The number of likely N-dealkylation sites (tertiary alicyclic amines) is 1. The van der Waals surface area contributed by atoms with E-state index in [0.717, 1.165) is 10.2 Å². The lowest BCUT2D eigenvalue weighted by atomic mass is 9.95. The molecule has 1 aliphatic heterocycles. The van der Waals surface area contributed by atoms with Crippen LogP contribution < -0.4 is 11.3 Å². The number of amides is 1. The molecule has 0 bridgehead atoms. The number of rotatable bonds is 3. The van der Waals surface area contributed by atoms with Crippen molar-refractivity contribution in [2.75, 3.05) is 13.1 Å². The highest BCUT2D eigenvalue weighted by Crippen LogP contribution is 2.26. The molecule has 1 amide bonds. The van der Waals surface area contributed by atoms with E-state index in [-0.39, 0.29) is 42.4 Å². The minimum Gasteiger partial charge on any atom is -0.339 e. The number of carbonyl (C=O) groups is 1. The van der Waals surface area contributed by atoms with Crippen LogP contribution in [0, 0.1) is 0 Å². The van der Waals surface area contributed by atoms with Gasteiger partial charge in [0.2, 0.25) is 5.91 Å². The number of benzene rings is 2. The highest BCUT2D eigenvalue weighted by molar-refractivity contribution is 5.85. The first-order valence-corrected chi connectivity index (χ1v) is 8.54. The van der Waals surface area contributed by atoms with Crippen molar-refractivity contribution < 1.29 is 4.79 Å². The van der Waals surface area contributed by atoms with E-state index in [1.54, 1.807) is 29.2 Å². The number of halogens is 1. The molecule has 2 heterocycles. The third kappa shape index (κ3) is 3.70. The second-order valence-corrected chi connectivity index (χ2v) is 6.55. The van der Waals surface area contributed by atoms with Crippen LogP contribution in [-0.2, 0) is 11.3 Å². The number of hydrogen-bond acceptors (Lipinski definition) is 5. The molecule has 0 saturated carbocycles. The molecule has 7 nitrogen and oxygen atoms in total. The van der Waals surface area contributed by atoms with Crippen LogP contribution in [0.5, 0.6) is 0 Å². The lowest BCUT2D eigenvalue weighted by Gasteiger charge is -2.16. The number of nitrogens with two attached hydrogens (primary N) is 1. The molecule has 4 rings (SSSR count). The smallest absolute Gasteiger partial charge is 0.278 e. The largest absolute Gasteiger partial charge is 0.339 e. The van der Waals surface area contributed by atoms with Gasteiger partial charge in [-0.15, -0.1) is 17.5 Å². The molecule has 1 saturated heterocycles. The van der Waals surface area contributed by atoms with E-state index in [0.29, 0.717) is 24.0 Å². The van der Waals surface area contributed by atoms with Gasteiger partial charge in [-0.25, -0.2) is 4.68 Å². The van der Waals surface area contributed by atoms with Crippen LogP contribution in [0.1, 0.15) is 11.5 Å². The molecule has 140 valence electrons. The first-order chi connectivity index (χ1) is 12.6. The highest BCUT2D eigenvalue weighted by atomic mass is 35.5. The molecule has 0 aliphatic carbocycles. The zero-order chi connectivity index (χ0) is 18.1. The van der Waals surface area contributed by atoms with Gasteiger partial charge in [0.15, 0.2) is 0 Å². The Labute approximate surface area is 162 Å². The van der Waals surface area contributed by atoms with Gasteiger partial charge in [0.25, 0.3) is 5.56 Å². The van der Waals surface area contributed by atoms with E-state index in [1.807, 2.05) is 30.3 Å². The van der Waals surface area contributed by atoms with E-state index in [9.17, 15) is 9.59 Å². The average Bonchev–Trinajstić information content (AvgIpc) is 3.07. The minimum atomic E-state index is -0.313. The predicted molar refractivity (Wildman–Crippen MR) is 105 cm³/mol. The monoisotopic (exact) mass is 385 g/mol. The van der Waals surface area contributed by atoms with E-state index < -0.39 is 0 Å². The van der Waals surface area contributed by atoms with Crippen molar-refractivity contribution in [2.24, 2.45) is 5.73 Å². The van der Waals surface area contributed by atoms with E-state index in [1.165, 1.54) is 0 Å². The molecular weight excluding hydrogens is 366 g/mol. The van der Waals surface area contributed by atoms with Gasteiger partial charge >= 0.3 is 0 Å². The summed E-state index contributed by atoms with van der Waals surface area (Å²) < 4.78 is 1.12. The molecule has 1 fully saturated rings. The van der Waals surface area contributed by atoms with E-state index in [2.05, 4.69) is 10.3 Å². The van der Waals surface area contributed by atoms with Gasteiger partial charge < -0.3 is 10.6 Å². The minimum absolute atomic E-state index is 0. The Bertz CT molecular complexity index is 1010. The van der Waals surface area contributed by atoms with Crippen molar-refractivity contribution in [2.45, 2.75) is 18.5 Å². The molecule has 0 unspecified atom stereocenters. The summed E-state index contributed by atoms with van der Waals surface area (Å²) in [4.78, 5) is 26.9. The average molecular weight is 386 g/mol. The van der Waals surface area contributed by atoms with Crippen LogP contribution in [0.3, 0.4) is 0 Å². The van der Waals surface area contributed by atoms with Crippen LogP contribution >= 0.6 is 12.4 Å². The molecule has 27 heavy (non-hydrogen) atoms. The maximum Gasteiger partial charge on any atom is 0.278 e. The van der Waals surface area contributed by atoms with Crippen LogP contribution in [-0.4, -0.2) is 44.9 Å². The summed E-state index contributed by atoms with van der Waals surface area (Å²) in [6, 6.07) is 16.8. The molecule has 0 spiro atoms. The summed E-state index contributed by atoms with van der Waals surface area (Å²) in [6.45, 7) is 0.874. The van der Waals surface area contributed by atoms with Crippen molar-refractivity contribution in [1.29, 1.82) is 0 Å². The van der Waals surface area contributed by atoms with Crippen LogP contribution in [0.2, 0.25) is 0 Å². The SMILES string of the molecule is Cl.N[C@@H]1CN(C(=O)Cn2nnc3ccccc3c2=O)C[C@H]1c1ccccc1. The molecule has 0 radical (unpaired) electrons. The normalized spacial score (nSPS) is 19.1. The molecule has 2 atom stereocenters. The second kappa shape index (κ2) is 7.85. The molecular formula is C19H20ClN5O2. The van der Waals surface area contributed by atoms with E-state index in [4.69, 9.17) is 5.73 Å². The summed E-state index contributed by atoms with van der Waals surface area (Å²) in [5.74, 6) is -0.0786. The maximum atomic E-state index is 12.7. The Balaban J connectivity index is 0.00000210. The standard InChI is InChI=1S/C19H19N5O2.ClH/c20-16-11-23(10-15(16)13-6-2-1-3-7-13)18(25)12-24-19(26)14-8-4-5-9-17(14)21-22-24;/h1-9,15-16H,10-12,20H2;1H/t15-,16+;/m0./s1. The number of fused-ring (bicyclic) bond motifs is 1. The van der Waals surface area contributed by atoms with E-state index >= 15 is 0 Å². The van der Waals surface area contributed by atoms with Gasteiger partial charge in [0, 0.05) is 25.0 Å². The fraction of sp³-hybridized carbons (Fsp3) is 0.263.